The molecule has 1 atom stereocenters. The first-order valence-electron chi connectivity index (χ1n) is 6.39. The summed E-state index contributed by atoms with van der Waals surface area (Å²) in [5, 5.41) is 12.3. The van der Waals surface area contributed by atoms with Crippen molar-refractivity contribution in [3.8, 4) is 0 Å². The minimum absolute atomic E-state index is 0.175. The molecule has 2 rings (SSSR count). The minimum Gasteiger partial charge on any atom is -0.480 e. The maximum Gasteiger partial charge on any atom is 0.326 e. The van der Waals surface area contributed by atoms with Crippen molar-refractivity contribution in [2.45, 2.75) is 12.5 Å². The van der Waals surface area contributed by atoms with Gasteiger partial charge in [-0.15, -0.1) is 0 Å². The third-order valence-electron chi connectivity index (χ3n) is 2.97. The van der Waals surface area contributed by atoms with E-state index in [2.05, 4.69) is 5.32 Å². The average Bonchev–Trinajstić information content (AvgIpc) is 2.47. The molecule has 0 heterocycles. The number of carbonyl (C=O) groups is 2. The topological polar surface area (TPSA) is 66.4 Å². The van der Waals surface area contributed by atoms with Crippen LogP contribution in [-0.4, -0.2) is 23.0 Å². The number of nitrogens with one attached hydrogen (secondary N) is 1. The molecule has 0 aromatic heterocycles. The van der Waals surface area contributed by atoms with Gasteiger partial charge < -0.3 is 10.4 Å². The molecule has 2 N–H and O–H groups in total. The number of hydrogen-bond donors (Lipinski definition) is 2. The minimum atomic E-state index is -1.08. The third-order valence-corrected chi connectivity index (χ3v) is 3.20. The van der Waals surface area contributed by atoms with Crippen molar-refractivity contribution in [1.82, 2.24) is 5.32 Å². The Morgan fingerprint density at radius 2 is 1.81 bits per heavy atom. The number of rotatable bonds is 5. The highest BCUT2D eigenvalue weighted by atomic mass is 35.5. The Kier molecular flexibility index (Phi) is 4.95. The molecule has 0 spiro atoms. The van der Waals surface area contributed by atoms with Crippen molar-refractivity contribution in [1.29, 1.82) is 0 Å². The Labute approximate surface area is 127 Å². The molecular weight excluding hydrogens is 290 g/mol. The van der Waals surface area contributed by atoms with E-state index < -0.39 is 17.9 Å². The van der Waals surface area contributed by atoms with Gasteiger partial charge >= 0.3 is 5.97 Å². The van der Waals surface area contributed by atoms with Gasteiger partial charge in [0, 0.05) is 17.0 Å². The summed E-state index contributed by atoms with van der Waals surface area (Å²) in [6, 6.07) is 14.4. The summed E-state index contributed by atoms with van der Waals surface area (Å²) in [6.45, 7) is 0. The highest BCUT2D eigenvalue weighted by Crippen LogP contribution is 2.12. The van der Waals surface area contributed by atoms with Crippen LogP contribution < -0.4 is 5.32 Å². The number of benzene rings is 2. The Hall–Kier alpha value is -2.33. The van der Waals surface area contributed by atoms with E-state index in [1.165, 1.54) is 0 Å². The van der Waals surface area contributed by atoms with E-state index in [1.54, 1.807) is 54.6 Å². The Bertz CT molecular complexity index is 643. The van der Waals surface area contributed by atoms with Gasteiger partial charge in [-0.05, 0) is 29.8 Å². The zero-order valence-electron chi connectivity index (χ0n) is 11.1. The third kappa shape index (κ3) is 4.33. The molecule has 108 valence electrons. The molecule has 21 heavy (non-hydrogen) atoms. The van der Waals surface area contributed by atoms with Crippen LogP contribution in [0.2, 0.25) is 5.02 Å². The van der Waals surface area contributed by atoms with Gasteiger partial charge in [0.15, 0.2) is 0 Å². The molecule has 5 heteroatoms. The fraction of sp³-hybridized carbons (Fsp3) is 0.125. The number of carbonyl (C=O) groups excluding carboxylic acids is 1. The molecule has 0 aliphatic rings. The quantitative estimate of drug-likeness (QED) is 0.892. The fourth-order valence-electron chi connectivity index (χ4n) is 1.93. The summed E-state index contributed by atoms with van der Waals surface area (Å²) in [4.78, 5) is 23.3. The van der Waals surface area contributed by atoms with Crippen LogP contribution in [0.1, 0.15) is 15.9 Å². The van der Waals surface area contributed by atoms with Crippen LogP contribution in [0.3, 0.4) is 0 Å². The van der Waals surface area contributed by atoms with Crippen LogP contribution in [-0.2, 0) is 11.2 Å². The van der Waals surface area contributed by atoms with Gasteiger partial charge in [-0.2, -0.15) is 0 Å². The maximum atomic E-state index is 12.0. The van der Waals surface area contributed by atoms with Gasteiger partial charge in [0.25, 0.3) is 5.91 Å². The van der Waals surface area contributed by atoms with Gasteiger partial charge in [-0.3, -0.25) is 4.79 Å². The lowest BCUT2D eigenvalue weighted by atomic mass is 10.1. The van der Waals surface area contributed by atoms with Crippen molar-refractivity contribution in [2.75, 3.05) is 0 Å². The monoisotopic (exact) mass is 303 g/mol. The molecule has 0 aliphatic carbocycles. The van der Waals surface area contributed by atoms with Gasteiger partial charge in [0.05, 0.1) is 0 Å². The second-order valence-electron chi connectivity index (χ2n) is 4.56. The normalized spacial score (nSPS) is 11.7. The van der Waals surface area contributed by atoms with E-state index in [1.807, 2.05) is 0 Å². The first-order valence-corrected chi connectivity index (χ1v) is 6.77. The molecule has 0 fully saturated rings. The summed E-state index contributed by atoms with van der Waals surface area (Å²) in [6.07, 6.45) is 0.175. The van der Waals surface area contributed by atoms with Gasteiger partial charge in [-0.25, -0.2) is 4.79 Å². The van der Waals surface area contributed by atoms with Crippen molar-refractivity contribution < 1.29 is 14.7 Å². The van der Waals surface area contributed by atoms with Crippen molar-refractivity contribution in [3.63, 3.8) is 0 Å². The second kappa shape index (κ2) is 6.90. The van der Waals surface area contributed by atoms with E-state index >= 15 is 0 Å². The van der Waals surface area contributed by atoms with Gasteiger partial charge in [0.2, 0.25) is 0 Å². The number of halogens is 1. The van der Waals surface area contributed by atoms with Crippen molar-refractivity contribution in [2.24, 2.45) is 0 Å². The zero-order chi connectivity index (χ0) is 15.2. The second-order valence-corrected chi connectivity index (χ2v) is 5.00. The standard InChI is InChI=1S/C16H14ClNO3/c17-13-8-4-5-11(9-13)10-14(16(20)21)18-15(19)12-6-2-1-3-7-12/h1-9,14H,10H2,(H,18,19)(H,20,21)/t14-/m1/s1. The van der Waals surface area contributed by atoms with Gasteiger partial charge in [-0.1, -0.05) is 41.9 Å². The van der Waals surface area contributed by atoms with Crippen molar-refractivity contribution in [3.05, 3.63) is 70.7 Å². The molecule has 0 unspecified atom stereocenters. The summed E-state index contributed by atoms with van der Waals surface area (Å²) in [5.41, 5.74) is 1.18. The fourth-order valence-corrected chi connectivity index (χ4v) is 2.14. The van der Waals surface area contributed by atoms with E-state index in [-0.39, 0.29) is 6.42 Å². The van der Waals surface area contributed by atoms with Crippen LogP contribution >= 0.6 is 11.6 Å². The zero-order valence-corrected chi connectivity index (χ0v) is 11.9. The number of aliphatic carboxylic acids is 1. The van der Waals surface area contributed by atoms with E-state index in [0.29, 0.717) is 10.6 Å². The molecular formula is C16H14ClNO3. The number of carboxylic acid groups (broad SMARTS) is 1. The van der Waals surface area contributed by atoms with Crippen LogP contribution in [0.15, 0.2) is 54.6 Å². The lowest BCUT2D eigenvalue weighted by Crippen LogP contribution is -2.42. The summed E-state index contributed by atoms with van der Waals surface area (Å²) in [5.74, 6) is -1.50. The average molecular weight is 304 g/mol. The predicted octanol–water partition coefficient (Wildman–Crippen LogP) is 2.77. The largest absolute Gasteiger partial charge is 0.480 e. The molecule has 0 radical (unpaired) electrons. The predicted molar refractivity (Wildman–Crippen MR) is 80.5 cm³/mol. The lowest BCUT2D eigenvalue weighted by Gasteiger charge is -2.15. The molecule has 1 amide bonds. The molecule has 2 aromatic rings. The van der Waals surface area contributed by atoms with E-state index in [4.69, 9.17) is 11.6 Å². The molecule has 0 aliphatic heterocycles. The maximum absolute atomic E-state index is 12.0. The first-order chi connectivity index (χ1) is 10.1. The van der Waals surface area contributed by atoms with Crippen LogP contribution in [0.4, 0.5) is 0 Å². The number of carboxylic acids is 1. The Balaban J connectivity index is 2.09. The molecule has 2 aromatic carbocycles. The van der Waals surface area contributed by atoms with Crippen LogP contribution in [0.5, 0.6) is 0 Å². The number of amides is 1. The highest BCUT2D eigenvalue weighted by Gasteiger charge is 2.21. The van der Waals surface area contributed by atoms with Crippen LogP contribution in [0, 0.1) is 0 Å². The summed E-state index contributed by atoms with van der Waals surface area (Å²) < 4.78 is 0. The number of hydrogen-bond acceptors (Lipinski definition) is 2. The SMILES string of the molecule is O=C(N[C@H](Cc1cccc(Cl)c1)C(=O)O)c1ccccc1. The van der Waals surface area contributed by atoms with E-state index in [0.717, 1.165) is 5.56 Å². The molecule has 0 saturated carbocycles. The van der Waals surface area contributed by atoms with Crippen molar-refractivity contribution >= 4 is 23.5 Å². The molecule has 0 saturated heterocycles. The highest BCUT2D eigenvalue weighted by molar-refractivity contribution is 6.30. The Morgan fingerprint density at radius 1 is 1.10 bits per heavy atom. The first kappa shape index (κ1) is 15.1. The molecule has 0 bridgehead atoms. The molecule has 4 nitrogen and oxygen atoms in total. The van der Waals surface area contributed by atoms with Crippen LogP contribution in [0.25, 0.3) is 0 Å². The summed E-state index contributed by atoms with van der Waals surface area (Å²) >= 11 is 5.87. The van der Waals surface area contributed by atoms with E-state index in [9.17, 15) is 14.7 Å². The lowest BCUT2D eigenvalue weighted by molar-refractivity contribution is -0.139. The van der Waals surface area contributed by atoms with Gasteiger partial charge in [0.1, 0.15) is 6.04 Å². The summed E-state index contributed by atoms with van der Waals surface area (Å²) in [7, 11) is 0. The Morgan fingerprint density at radius 3 is 2.43 bits per heavy atom. The smallest absolute Gasteiger partial charge is 0.326 e.